The van der Waals surface area contributed by atoms with Gasteiger partial charge in [0, 0.05) is 18.6 Å². The monoisotopic (exact) mass is 208 g/mol. The Morgan fingerprint density at radius 2 is 1.33 bits per heavy atom. The highest BCUT2D eigenvalue weighted by Crippen LogP contribution is 2.31. The number of nitrogens with zero attached hydrogens (tertiary/aromatic N) is 2. The molecule has 0 N–H and O–H groups in total. The fourth-order valence-electron chi connectivity index (χ4n) is 3.36. The van der Waals surface area contributed by atoms with E-state index in [4.69, 9.17) is 0 Å². The topological polar surface area (TPSA) is 6.48 Å². The standard InChI is InChI=1S/C13H24N2/c1-11-4-7-15(10-11)13-5-8-14(9-6-13)12-2-3-12/h11-13H,2-10H2,1H3. The SMILES string of the molecule is CC1CCN(C2CCN(C3CC3)CC2)C1. The minimum atomic E-state index is 0.921. The van der Waals surface area contributed by atoms with E-state index in [9.17, 15) is 0 Å². The second-order valence-corrected chi connectivity index (χ2v) is 5.89. The van der Waals surface area contributed by atoms with E-state index in [1.807, 2.05) is 0 Å². The summed E-state index contributed by atoms with van der Waals surface area (Å²) in [6, 6.07) is 1.91. The Balaban J connectivity index is 1.48. The van der Waals surface area contributed by atoms with Crippen LogP contribution in [0.1, 0.15) is 39.0 Å². The maximum Gasteiger partial charge on any atom is 0.0120 e. The zero-order valence-electron chi connectivity index (χ0n) is 9.99. The predicted octanol–water partition coefficient (Wildman–Crippen LogP) is 1.95. The Hall–Kier alpha value is -0.0800. The van der Waals surface area contributed by atoms with Crippen molar-refractivity contribution in [1.82, 2.24) is 9.80 Å². The minimum Gasteiger partial charge on any atom is -0.300 e. The third kappa shape index (κ3) is 2.21. The first-order valence-electron chi connectivity index (χ1n) is 6.81. The molecule has 15 heavy (non-hydrogen) atoms. The third-order valence-electron chi connectivity index (χ3n) is 4.53. The molecule has 2 saturated heterocycles. The molecule has 86 valence electrons. The molecule has 0 bridgehead atoms. The van der Waals surface area contributed by atoms with Crippen molar-refractivity contribution in [1.29, 1.82) is 0 Å². The second-order valence-electron chi connectivity index (χ2n) is 5.89. The van der Waals surface area contributed by atoms with Crippen LogP contribution in [0.5, 0.6) is 0 Å². The molecule has 0 aromatic carbocycles. The molecule has 2 nitrogen and oxygen atoms in total. The molecule has 0 aromatic heterocycles. The average Bonchev–Trinajstić information content (AvgIpc) is 3.02. The summed E-state index contributed by atoms with van der Waals surface area (Å²) in [5.74, 6) is 0.950. The summed E-state index contributed by atoms with van der Waals surface area (Å²) in [5, 5.41) is 0. The van der Waals surface area contributed by atoms with Gasteiger partial charge in [0.2, 0.25) is 0 Å². The van der Waals surface area contributed by atoms with Crippen molar-refractivity contribution < 1.29 is 0 Å². The molecular weight excluding hydrogens is 184 g/mol. The fraction of sp³-hybridized carbons (Fsp3) is 1.00. The van der Waals surface area contributed by atoms with Gasteiger partial charge in [0.25, 0.3) is 0 Å². The molecular formula is C13H24N2. The number of piperidine rings is 1. The summed E-state index contributed by atoms with van der Waals surface area (Å²) in [4.78, 5) is 5.49. The van der Waals surface area contributed by atoms with Crippen LogP contribution in [0.25, 0.3) is 0 Å². The van der Waals surface area contributed by atoms with Gasteiger partial charge in [-0.3, -0.25) is 0 Å². The molecule has 0 radical (unpaired) electrons. The fourth-order valence-corrected chi connectivity index (χ4v) is 3.36. The van der Waals surface area contributed by atoms with Crippen LogP contribution in [-0.2, 0) is 0 Å². The van der Waals surface area contributed by atoms with Crippen LogP contribution in [0.3, 0.4) is 0 Å². The quantitative estimate of drug-likeness (QED) is 0.684. The van der Waals surface area contributed by atoms with Gasteiger partial charge in [0.05, 0.1) is 0 Å². The second kappa shape index (κ2) is 4.06. The van der Waals surface area contributed by atoms with Crippen molar-refractivity contribution in [2.24, 2.45) is 5.92 Å². The highest BCUT2D eigenvalue weighted by molar-refractivity contribution is 4.90. The molecule has 0 aromatic rings. The molecule has 1 aliphatic carbocycles. The highest BCUT2D eigenvalue weighted by atomic mass is 15.2. The van der Waals surface area contributed by atoms with Crippen molar-refractivity contribution >= 4 is 0 Å². The van der Waals surface area contributed by atoms with E-state index in [1.54, 1.807) is 0 Å². The van der Waals surface area contributed by atoms with E-state index in [0.29, 0.717) is 0 Å². The van der Waals surface area contributed by atoms with Gasteiger partial charge in [0.1, 0.15) is 0 Å². The van der Waals surface area contributed by atoms with Crippen LogP contribution in [0.15, 0.2) is 0 Å². The van der Waals surface area contributed by atoms with Gasteiger partial charge in [0.15, 0.2) is 0 Å². The summed E-state index contributed by atoms with van der Waals surface area (Å²) in [5.41, 5.74) is 0. The van der Waals surface area contributed by atoms with Crippen LogP contribution < -0.4 is 0 Å². The van der Waals surface area contributed by atoms with Crippen LogP contribution in [-0.4, -0.2) is 48.1 Å². The molecule has 1 unspecified atom stereocenters. The van der Waals surface area contributed by atoms with Crippen LogP contribution in [0.4, 0.5) is 0 Å². The number of likely N-dealkylation sites (tertiary alicyclic amines) is 2. The summed E-state index contributed by atoms with van der Waals surface area (Å²) >= 11 is 0. The summed E-state index contributed by atoms with van der Waals surface area (Å²) in [6.45, 7) is 7.89. The van der Waals surface area contributed by atoms with Crippen LogP contribution >= 0.6 is 0 Å². The maximum atomic E-state index is 2.76. The number of hydrogen-bond acceptors (Lipinski definition) is 2. The van der Waals surface area contributed by atoms with E-state index in [-0.39, 0.29) is 0 Å². The Labute approximate surface area is 93.6 Å². The maximum absolute atomic E-state index is 2.76. The molecule has 3 aliphatic rings. The minimum absolute atomic E-state index is 0.921. The lowest BCUT2D eigenvalue weighted by Gasteiger charge is -2.36. The molecule has 0 amide bonds. The molecule has 3 fully saturated rings. The normalized spacial score (nSPS) is 36.2. The van der Waals surface area contributed by atoms with Gasteiger partial charge < -0.3 is 9.80 Å². The first-order valence-corrected chi connectivity index (χ1v) is 6.81. The van der Waals surface area contributed by atoms with Gasteiger partial charge in [-0.15, -0.1) is 0 Å². The van der Waals surface area contributed by atoms with E-state index in [2.05, 4.69) is 16.7 Å². The van der Waals surface area contributed by atoms with E-state index >= 15 is 0 Å². The number of hydrogen-bond donors (Lipinski definition) is 0. The summed E-state index contributed by atoms with van der Waals surface area (Å²) < 4.78 is 0. The Kier molecular flexibility index (Phi) is 2.73. The van der Waals surface area contributed by atoms with E-state index in [0.717, 1.165) is 18.0 Å². The van der Waals surface area contributed by atoms with Gasteiger partial charge in [-0.05, 0) is 57.7 Å². The highest BCUT2D eigenvalue weighted by Gasteiger charge is 2.34. The largest absolute Gasteiger partial charge is 0.300 e. The summed E-state index contributed by atoms with van der Waals surface area (Å²) in [6.07, 6.45) is 7.26. The lowest BCUT2D eigenvalue weighted by Crippen LogP contribution is -2.44. The number of rotatable bonds is 2. The van der Waals surface area contributed by atoms with Gasteiger partial charge in [-0.1, -0.05) is 6.92 Å². The zero-order chi connectivity index (χ0) is 10.3. The predicted molar refractivity (Wildman–Crippen MR) is 63.0 cm³/mol. The lowest BCUT2D eigenvalue weighted by molar-refractivity contribution is 0.120. The Morgan fingerprint density at radius 1 is 0.733 bits per heavy atom. The molecule has 3 rings (SSSR count). The first-order chi connectivity index (χ1) is 7.33. The van der Waals surface area contributed by atoms with Crippen molar-refractivity contribution in [2.75, 3.05) is 26.2 Å². The lowest BCUT2D eigenvalue weighted by atomic mass is 10.0. The van der Waals surface area contributed by atoms with Crippen LogP contribution in [0, 0.1) is 5.92 Å². The average molecular weight is 208 g/mol. The van der Waals surface area contributed by atoms with Crippen LogP contribution in [0.2, 0.25) is 0 Å². The molecule has 1 saturated carbocycles. The van der Waals surface area contributed by atoms with Crippen molar-refractivity contribution in [3.63, 3.8) is 0 Å². The molecule has 2 aliphatic heterocycles. The van der Waals surface area contributed by atoms with E-state index < -0.39 is 0 Å². The Morgan fingerprint density at radius 3 is 1.87 bits per heavy atom. The zero-order valence-corrected chi connectivity index (χ0v) is 9.99. The third-order valence-corrected chi connectivity index (χ3v) is 4.53. The molecule has 0 spiro atoms. The molecule has 2 heterocycles. The van der Waals surface area contributed by atoms with Crippen molar-refractivity contribution in [3.8, 4) is 0 Å². The first kappa shape index (κ1) is 10.1. The van der Waals surface area contributed by atoms with Crippen molar-refractivity contribution in [3.05, 3.63) is 0 Å². The van der Waals surface area contributed by atoms with Gasteiger partial charge in [-0.2, -0.15) is 0 Å². The van der Waals surface area contributed by atoms with E-state index in [1.165, 1.54) is 58.3 Å². The van der Waals surface area contributed by atoms with Gasteiger partial charge in [-0.25, -0.2) is 0 Å². The smallest absolute Gasteiger partial charge is 0.0120 e. The molecule has 1 atom stereocenters. The molecule has 2 heteroatoms. The Bertz CT molecular complexity index is 217. The summed E-state index contributed by atoms with van der Waals surface area (Å²) in [7, 11) is 0. The van der Waals surface area contributed by atoms with Crippen molar-refractivity contribution in [2.45, 2.75) is 51.1 Å². The van der Waals surface area contributed by atoms with Gasteiger partial charge >= 0.3 is 0 Å².